The second-order valence-electron chi connectivity index (χ2n) is 12.1. The molecule has 1 aromatic heterocycles. The fourth-order valence-electron chi connectivity index (χ4n) is 6.28. The SMILES string of the molecule is COc1cc(CC(Cc2cc[nH]c2)C(O)CC(=O)C(CO)(Cc2ccc(O)c(OC)c2)Cc2ccc3ccccc3c2)ccc1O. The molecule has 3 atom stereocenters. The third-order valence-electron chi connectivity index (χ3n) is 8.88. The number of methoxy groups -OCH3 is 2. The number of aromatic nitrogens is 1. The van der Waals surface area contributed by atoms with Gasteiger partial charge in [0.25, 0.3) is 0 Å². The number of aromatic amines is 1. The van der Waals surface area contributed by atoms with Gasteiger partial charge in [-0.2, -0.15) is 0 Å². The topological polar surface area (TPSA) is 132 Å². The van der Waals surface area contributed by atoms with E-state index in [-0.39, 0.29) is 48.2 Å². The van der Waals surface area contributed by atoms with Crippen molar-refractivity contribution in [3.05, 3.63) is 120 Å². The van der Waals surface area contributed by atoms with E-state index in [0.29, 0.717) is 24.2 Å². The minimum Gasteiger partial charge on any atom is -0.504 e. The van der Waals surface area contributed by atoms with Crippen LogP contribution in [0.5, 0.6) is 23.0 Å². The number of carbonyl (C=O) groups excluding carboxylic acids is 1. The quantitative estimate of drug-likeness (QED) is 0.0999. The lowest BCUT2D eigenvalue weighted by Crippen LogP contribution is -2.42. The molecule has 0 fully saturated rings. The van der Waals surface area contributed by atoms with Gasteiger partial charge in [-0.15, -0.1) is 0 Å². The Hall–Kier alpha value is -4.79. The molecule has 0 spiro atoms. The van der Waals surface area contributed by atoms with Gasteiger partial charge < -0.3 is 34.9 Å². The summed E-state index contributed by atoms with van der Waals surface area (Å²) in [6, 6.07) is 25.9. The molecule has 0 saturated heterocycles. The molecule has 0 bridgehead atoms. The van der Waals surface area contributed by atoms with Crippen LogP contribution in [0.15, 0.2) is 97.3 Å². The van der Waals surface area contributed by atoms with E-state index < -0.39 is 18.1 Å². The predicted molar refractivity (Wildman–Crippen MR) is 178 cm³/mol. The van der Waals surface area contributed by atoms with E-state index in [9.17, 15) is 25.2 Å². The van der Waals surface area contributed by atoms with Crippen molar-refractivity contribution < 1.29 is 34.7 Å². The maximum atomic E-state index is 14.4. The molecule has 5 aromatic rings. The lowest BCUT2D eigenvalue weighted by atomic mass is 9.71. The highest BCUT2D eigenvalue weighted by molar-refractivity contribution is 5.87. The number of fused-ring (bicyclic) bond motifs is 1. The third kappa shape index (κ3) is 7.53. The Bertz CT molecular complexity index is 1770. The number of hydrogen-bond acceptors (Lipinski definition) is 7. The molecule has 1 heterocycles. The summed E-state index contributed by atoms with van der Waals surface area (Å²) in [6.07, 6.45) is 3.85. The average Bonchev–Trinajstić information content (AvgIpc) is 3.59. The summed E-state index contributed by atoms with van der Waals surface area (Å²) in [7, 11) is 2.94. The van der Waals surface area contributed by atoms with Gasteiger partial charge in [-0.1, -0.05) is 54.6 Å². The Morgan fingerprint density at radius 2 is 1.35 bits per heavy atom. The summed E-state index contributed by atoms with van der Waals surface area (Å²) in [5.74, 6) is 0.0119. The zero-order chi connectivity index (χ0) is 32.7. The van der Waals surface area contributed by atoms with Crippen LogP contribution in [0, 0.1) is 11.3 Å². The molecule has 5 rings (SSSR count). The molecule has 8 heteroatoms. The number of carbonyl (C=O) groups is 1. The Balaban J connectivity index is 1.47. The van der Waals surface area contributed by atoms with E-state index in [4.69, 9.17) is 9.47 Å². The Morgan fingerprint density at radius 1 is 0.761 bits per heavy atom. The molecule has 240 valence electrons. The molecule has 0 aliphatic carbocycles. The number of nitrogens with one attached hydrogen (secondary N) is 1. The van der Waals surface area contributed by atoms with Crippen molar-refractivity contribution >= 4 is 16.6 Å². The van der Waals surface area contributed by atoms with E-state index in [2.05, 4.69) is 4.98 Å². The molecule has 3 unspecified atom stereocenters. The number of ketones is 1. The Labute approximate surface area is 268 Å². The van der Waals surface area contributed by atoms with Crippen LogP contribution in [0.1, 0.15) is 28.7 Å². The van der Waals surface area contributed by atoms with Gasteiger partial charge in [0.2, 0.25) is 0 Å². The van der Waals surface area contributed by atoms with Crippen molar-refractivity contribution in [3.8, 4) is 23.0 Å². The van der Waals surface area contributed by atoms with Crippen LogP contribution in [0.25, 0.3) is 10.8 Å². The van der Waals surface area contributed by atoms with E-state index in [1.165, 1.54) is 20.3 Å². The summed E-state index contributed by atoms with van der Waals surface area (Å²) in [6.45, 7) is -0.438. The summed E-state index contributed by atoms with van der Waals surface area (Å²) < 4.78 is 10.6. The number of benzene rings is 4. The van der Waals surface area contributed by atoms with Crippen LogP contribution in [0.2, 0.25) is 0 Å². The number of aliphatic hydroxyl groups excluding tert-OH is 2. The van der Waals surface area contributed by atoms with Crippen LogP contribution < -0.4 is 9.47 Å². The number of hydrogen-bond donors (Lipinski definition) is 5. The first-order chi connectivity index (χ1) is 22.2. The second kappa shape index (κ2) is 14.5. The third-order valence-corrected chi connectivity index (χ3v) is 8.88. The molecule has 0 amide bonds. The number of phenolic OH excluding ortho intramolecular Hbond substituents is 2. The zero-order valence-electron chi connectivity index (χ0n) is 26.1. The van der Waals surface area contributed by atoms with Crippen molar-refractivity contribution in [2.75, 3.05) is 20.8 Å². The van der Waals surface area contributed by atoms with E-state index in [1.54, 1.807) is 30.3 Å². The van der Waals surface area contributed by atoms with Gasteiger partial charge in [0.1, 0.15) is 5.78 Å². The molecule has 0 aliphatic rings. The maximum absolute atomic E-state index is 14.4. The van der Waals surface area contributed by atoms with E-state index in [1.807, 2.05) is 60.9 Å². The number of H-pyrrole nitrogens is 1. The van der Waals surface area contributed by atoms with Gasteiger partial charge in [0, 0.05) is 18.8 Å². The average molecular weight is 624 g/mol. The van der Waals surface area contributed by atoms with Crippen LogP contribution in [-0.4, -0.2) is 58.1 Å². The Kier molecular flexibility index (Phi) is 10.3. The summed E-state index contributed by atoms with van der Waals surface area (Å²) in [4.78, 5) is 17.5. The summed E-state index contributed by atoms with van der Waals surface area (Å²) in [5, 5.41) is 45.1. The summed E-state index contributed by atoms with van der Waals surface area (Å²) in [5.41, 5.74) is 2.19. The van der Waals surface area contributed by atoms with Gasteiger partial charge >= 0.3 is 0 Å². The van der Waals surface area contributed by atoms with Gasteiger partial charge in [-0.05, 0) is 95.0 Å². The second-order valence-corrected chi connectivity index (χ2v) is 12.1. The normalized spacial score (nSPS) is 14.0. The molecular formula is C38H41NO7. The zero-order valence-corrected chi connectivity index (χ0v) is 26.1. The van der Waals surface area contributed by atoms with Crippen molar-refractivity contribution in [1.29, 1.82) is 0 Å². The van der Waals surface area contributed by atoms with Crippen LogP contribution >= 0.6 is 0 Å². The van der Waals surface area contributed by atoms with Crippen LogP contribution in [0.3, 0.4) is 0 Å². The van der Waals surface area contributed by atoms with E-state index in [0.717, 1.165) is 27.5 Å². The molecule has 0 radical (unpaired) electrons. The molecular weight excluding hydrogens is 582 g/mol. The fraction of sp³-hybridized carbons (Fsp3) is 0.289. The molecule has 8 nitrogen and oxygen atoms in total. The van der Waals surface area contributed by atoms with Gasteiger partial charge in [-0.25, -0.2) is 0 Å². The lowest BCUT2D eigenvalue weighted by Gasteiger charge is -2.33. The highest BCUT2D eigenvalue weighted by Gasteiger charge is 2.40. The molecule has 5 N–H and O–H groups in total. The minimum atomic E-state index is -1.26. The van der Waals surface area contributed by atoms with E-state index >= 15 is 0 Å². The standard InChI is InChI=1S/C38H41NO7/c1-45-35-18-25(8-11-32(35)41)15-31(17-28-13-14-39-23-28)34(43)20-37(44)38(24-40,22-27-9-12-33(42)36(19-27)46-2)21-26-7-10-29-5-3-4-6-30(29)16-26/h3-14,16,18-19,23,31,34,39-43H,15,17,20-22,24H2,1-2H3. The number of aromatic hydroxyl groups is 2. The minimum absolute atomic E-state index is 0.0180. The molecule has 0 aliphatic heterocycles. The monoisotopic (exact) mass is 623 g/mol. The Morgan fingerprint density at radius 3 is 1.98 bits per heavy atom. The van der Waals surface area contributed by atoms with Crippen LogP contribution in [0.4, 0.5) is 0 Å². The van der Waals surface area contributed by atoms with Gasteiger partial charge in [0.05, 0.1) is 32.3 Å². The number of aliphatic hydroxyl groups is 2. The number of rotatable bonds is 15. The highest BCUT2D eigenvalue weighted by Crippen LogP contribution is 2.36. The fourth-order valence-corrected chi connectivity index (χ4v) is 6.28. The first-order valence-corrected chi connectivity index (χ1v) is 15.4. The predicted octanol–water partition coefficient (Wildman–Crippen LogP) is 5.78. The first-order valence-electron chi connectivity index (χ1n) is 15.4. The smallest absolute Gasteiger partial charge is 0.160 e. The van der Waals surface area contributed by atoms with Crippen molar-refractivity contribution in [1.82, 2.24) is 4.98 Å². The number of Topliss-reactive ketones (excluding diaryl/α,β-unsaturated/α-hetero) is 1. The number of ether oxygens (including phenoxy) is 2. The van der Waals surface area contributed by atoms with Gasteiger partial charge in [-0.3, -0.25) is 4.79 Å². The van der Waals surface area contributed by atoms with Gasteiger partial charge in [0.15, 0.2) is 23.0 Å². The number of phenols is 2. The van der Waals surface area contributed by atoms with Crippen molar-refractivity contribution in [2.24, 2.45) is 11.3 Å². The molecule has 46 heavy (non-hydrogen) atoms. The maximum Gasteiger partial charge on any atom is 0.160 e. The summed E-state index contributed by atoms with van der Waals surface area (Å²) >= 11 is 0. The lowest BCUT2D eigenvalue weighted by molar-refractivity contribution is -0.134. The van der Waals surface area contributed by atoms with Crippen molar-refractivity contribution in [3.63, 3.8) is 0 Å². The van der Waals surface area contributed by atoms with Crippen molar-refractivity contribution in [2.45, 2.75) is 38.2 Å². The highest BCUT2D eigenvalue weighted by atomic mass is 16.5. The largest absolute Gasteiger partial charge is 0.504 e. The first kappa shape index (κ1) is 32.6. The molecule has 4 aromatic carbocycles. The van der Waals surface area contributed by atoms with Crippen LogP contribution in [-0.2, 0) is 30.5 Å². The molecule has 0 saturated carbocycles.